The van der Waals surface area contributed by atoms with E-state index >= 15 is 0 Å². The monoisotopic (exact) mass is 289 g/mol. The van der Waals surface area contributed by atoms with Crippen molar-refractivity contribution < 1.29 is 14.7 Å². The number of hydrogen-bond acceptors (Lipinski definition) is 2. The topological polar surface area (TPSA) is 66.4 Å². The van der Waals surface area contributed by atoms with Crippen molar-refractivity contribution in [1.29, 1.82) is 0 Å². The van der Waals surface area contributed by atoms with Crippen LogP contribution in [0.2, 0.25) is 0 Å². The molecule has 4 nitrogen and oxygen atoms in total. The number of carboxylic acids is 1. The van der Waals surface area contributed by atoms with Crippen molar-refractivity contribution in [2.45, 2.75) is 39.5 Å². The molecular formula is C17H23NO3. The lowest BCUT2D eigenvalue weighted by atomic mass is 9.97. The van der Waals surface area contributed by atoms with Crippen molar-refractivity contribution in [2.24, 2.45) is 11.3 Å². The summed E-state index contributed by atoms with van der Waals surface area (Å²) >= 11 is 0. The highest BCUT2D eigenvalue weighted by atomic mass is 16.4. The predicted molar refractivity (Wildman–Crippen MR) is 81.0 cm³/mol. The van der Waals surface area contributed by atoms with E-state index in [0.717, 1.165) is 30.4 Å². The molecule has 1 aliphatic rings. The third-order valence-corrected chi connectivity index (χ3v) is 4.43. The van der Waals surface area contributed by atoms with Gasteiger partial charge in [-0.25, -0.2) is 0 Å². The Morgan fingerprint density at radius 1 is 1.38 bits per heavy atom. The van der Waals surface area contributed by atoms with Crippen LogP contribution in [0.1, 0.15) is 37.3 Å². The third kappa shape index (κ3) is 3.84. The standard InChI is InChI=1S/C17H23NO3/c1-3-17(7-8-17)16(21)18-11-14(15(19)20)10-13-6-4-5-12(2)9-13/h4-6,9,14H,3,7-8,10-11H2,1-2H3,(H,18,21)(H,19,20). The van der Waals surface area contributed by atoms with Crippen LogP contribution in [-0.4, -0.2) is 23.5 Å². The lowest BCUT2D eigenvalue weighted by Crippen LogP contribution is -2.38. The normalized spacial score (nSPS) is 17.0. The van der Waals surface area contributed by atoms with E-state index in [4.69, 9.17) is 0 Å². The minimum absolute atomic E-state index is 0.0143. The van der Waals surface area contributed by atoms with Crippen LogP contribution in [0.4, 0.5) is 0 Å². The molecule has 2 N–H and O–H groups in total. The minimum atomic E-state index is -0.863. The average Bonchev–Trinajstić information content (AvgIpc) is 3.24. The van der Waals surface area contributed by atoms with Gasteiger partial charge in [-0.1, -0.05) is 36.8 Å². The molecule has 0 saturated heterocycles. The SMILES string of the molecule is CCC1(C(=O)NCC(Cc2cccc(C)c2)C(=O)O)CC1. The zero-order valence-electron chi connectivity index (χ0n) is 12.7. The van der Waals surface area contributed by atoms with E-state index in [1.807, 2.05) is 38.1 Å². The number of benzene rings is 1. The highest BCUT2D eigenvalue weighted by Gasteiger charge is 2.47. The van der Waals surface area contributed by atoms with E-state index in [0.29, 0.717) is 6.42 Å². The zero-order chi connectivity index (χ0) is 15.5. The Morgan fingerprint density at radius 3 is 2.62 bits per heavy atom. The van der Waals surface area contributed by atoms with Crippen LogP contribution in [0.3, 0.4) is 0 Å². The summed E-state index contributed by atoms with van der Waals surface area (Å²) in [5.74, 6) is -1.43. The number of aryl methyl sites for hydroxylation is 1. The molecule has 1 fully saturated rings. The molecule has 1 aromatic rings. The molecule has 0 bridgehead atoms. The third-order valence-electron chi connectivity index (χ3n) is 4.43. The van der Waals surface area contributed by atoms with Crippen molar-refractivity contribution in [3.8, 4) is 0 Å². The van der Waals surface area contributed by atoms with Gasteiger partial charge in [0, 0.05) is 12.0 Å². The number of carbonyl (C=O) groups is 2. The Bertz CT molecular complexity index is 535. The van der Waals surface area contributed by atoms with Gasteiger partial charge in [-0.05, 0) is 38.2 Å². The van der Waals surface area contributed by atoms with Crippen molar-refractivity contribution in [2.75, 3.05) is 6.54 Å². The van der Waals surface area contributed by atoms with Gasteiger partial charge in [0.15, 0.2) is 0 Å². The van der Waals surface area contributed by atoms with Crippen molar-refractivity contribution in [1.82, 2.24) is 5.32 Å². The van der Waals surface area contributed by atoms with Crippen LogP contribution in [0.25, 0.3) is 0 Å². The second kappa shape index (κ2) is 6.29. The first-order chi connectivity index (χ1) is 9.97. The number of hydrogen-bond donors (Lipinski definition) is 2. The minimum Gasteiger partial charge on any atom is -0.481 e. The molecule has 0 radical (unpaired) electrons. The van der Waals surface area contributed by atoms with Crippen molar-refractivity contribution >= 4 is 11.9 Å². The Hall–Kier alpha value is -1.84. The maximum Gasteiger partial charge on any atom is 0.308 e. The summed E-state index contributed by atoms with van der Waals surface area (Å²) in [6, 6.07) is 7.84. The number of nitrogens with one attached hydrogen (secondary N) is 1. The summed E-state index contributed by atoms with van der Waals surface area (Å²) in [7, 11) is 0. The van der Waals surface area contributed by atoms with E-state index in [2.05, 4.69) is 5.32 Å². The molecule has 0 aliphatic heterocycles. The van der Waals surface area contributed by atoms with E-state index in [1.54, 1.807) is 0 Å². The van der Waals surface area contributed by atoms with Gasteiger partial charge in [0.25, 0.3) is 0 Å². The van der Waals surface area contributed by atoms with E-state index in [9.17, 15) is 14.7 Å². The molecule has 1 aromatic carbocycles. The average molecular weight is 289 g/mol. The molecule has 0 aromatic heterocycles. The maximum absolute atomic E-state index is 12.1. The number of amides is 1. The van der Waals surface area contributed by atoms with Gasteiger partial charge < -0.3 is 10.4 Å². The molecule has 1 amide bonds. The predicted octanol–water partition coefficient (Wildman–Crippen LogP) is 2.54. The first-order valence-corrected chi connectivity index (χ1v) is 7.53. The summed E-state index contributed by atoms with van der Waals surface area (Å²) in [5.41, 5.74) is 1.89. The molecule has 2 rings (SSSR count). The van der Waals surface area contributed by atoms with Gasteiger partial charge in [-0.15, -0.1) is 0 Å². The van der Waals surface area contributed by atoms with E-state index in [-0.39, 0.29) is 17.9 Å². The molecular weight excluding hydrogens is 266 g/mol. The zero-order valence-corrected chi connectivity index (χ0v) is 12.7. The largest absolute Gasteiger partial charge is 0.481 e. The fourth-order valence-corrected chi connectivity index (χ4v) is 2.67. The van der Waals surface area contributed by atoms with Gasteiger partial charge in [0.1, 0.15) is 0 Å². The second-order valence-corrected chi connectivity index (χ2v) is 6.07. The Kier molecular flexibility index (Phi) is 4.66. The fourth-order valence-electron chi connectivity index (χ4n) is 2.67. The quantitative estimate of drug-likeness (QED) is 0.810. The first kappa shape index (κ1) is 15.5. The van der Waals surface area contributed by atoms with Gasteiger partial charge in [-0.3, -0.25) is 9.59 Å². The number of carboxylic acid groups (broad SMARTS) is 1. The fraction of sp³-hybridized carbons (Fsp3) is 0.529. The van der Waals surface area contributed by atoms with Gasteiger partial charge >= 0.3 is 5.97 Å². The van der Waals surface area contributed by atoms with Crippen LogP contribution in [0.5, 0.6) is 0 Å². The highest BCUT2D eigenvalue weighted by molar-refractivity contribution is 5.85. The summed E-state index contributed by atoms with van der Waals surface area (Å²) < 4.78 is 0. The molecule has 1 saturated carbocycles. The molecule has 21 heavy (non-hydrogen) atoms. The Labute approximate surface area is 125 Å². The van der Waals surface area contributed by atoms with E-state index in [1.165, 1.54) is 0 Å². The lowest BCUT2D eigenvalue weighted by molar-refractivity contribution is -0.141. The highest BCUT2D eigenvalue weighted by Crippen LogP contribution is 2.48. The summed E-state index contributed by atoms with van der Waals surface area (Å²) in [4.78, 5) is 23.5. The van der Waals surface area contributed by atoms with Gasteiger partial charge in [-0.2, -0.15) is 0 Å². The molecule has 0 spiro atoms. The smallest absolute Gasteiger partial charge is 0.308 e. The second-order valence-electron chi connectivity index (χ2n) is 6.07. The molecule has 1 aliphatic carbocycles. The van der Waals surface area contributed by atoms with Gasteiger partial charge in [0.2, 0.25) is 5.91 Å². The van der Waals surface area contributed by atoms with Crippen LogP contribution in [0, 0.1) is 18.3 Å². The summed E-state index contributed by atoms with van der Waals surface area (Å²) in [5, 5.41) is 12.2. The van der Waals surface area contributed by atoms with Gasteiger partial charge in [0.05, 0.1) is 5.92 Å². The van der Waals surface area contributed by atoms with Crippen LogP contribution < -0.4 is 5.32 Å². The maximum atomic E-state index is 12.1. The van der Waals surface area contributed by atoms with Crippen molar-refractivity contribution in [3.05, 3.63) is 35.4 Å². The molecule has 0 heterocycles. The molecule has 1 atom stereocenters. The number of rotatable bonds is 7. The number of aliphatic carboxylic acids is 1. The Balaban J connectivity index is 1.94. The molecule has 1 unspecified atom stereocenters. The first-order valence-electron chi connectivity index (χ1n) is 7.53. The molecule has 114 valence electrons. The lowest BCUT2D eigenvalue weighted by Gasteiger charge is -2.17. The van der Waals surface area contributed by atoms with Crippen molar-refractivity contribution in [3.63, 3.8) is 0 Å². The summed E-state index contributed by atoms with van der Waals surface area (Å²) in [6.07, 6.45) is 3.11. The Morgan fingerprint density at radius 2 is 2.10 bits per heavy atom. The molecule has 4 heteroatoms. The van der Waals surface area contributed by atoms with Crippen LogP contribution >= 0.6 is 0 Å². The number of carbonyl (C=O) groups excluding carboxylic acids is 1. The van der Waals surface area contributed by atoms with E-state index < -0.39 is 11.9 Å². The summed E-state index contributed by atoms with van der Waals surface area (Å²) in [6.45, 7) is 4.19. The van der Waals surface area contributed by atoms with Crippen LogP contribution in [-0.2, 0) is 16.0 Å². The van der Waals surface area contributed by atoms with Crippen LogP contribution in [0.15, 0.2) is 24.3 Å².